The molecule has 1 heterocycles. The van der Waals surface area contributed by atoms with E-state index in [1.54, 1.807) is 16.8 Å². The Morgan fingerprint density at radius 2 is 2.00 bits per heavy atom. The van der Waals surface area contributed by atoms with E-state index in [4.69, 9.17) is 5.73 Å². The van der Waals surface area contributed by atoms with Gasteiger partial charge in [-0.25, -0.2) is 4.98 Å². The summed E-state index contributed by atoms with van der Waals surface area (Å²) >= 11 is 1.57. The number of rotatable bonds is 6. The van der Waals surface area contributed by atoms with Crippen molar-refractivity contribution in [1.82, 2.24) is 4.98 Å². The normalized spacial score (nSPS) is 13.9. The zero-order valence-electron chi connectivity index (χ0n) is 12.3. The summed E-state index contributed by atoms with van der Waals surface area (Å²) in [6, 6.07) is 7.60. The van der Waals surface area contributed by atoms with Gasteiger partial charge in [-0.05, 0) is 32.3 Å². The second-order valence-electron chi connectivity index (χ2n) is 5.32. The van der Waals surface area contributed by atoms with Crippen LogP contribution in [0.2, 0.25) is 0 Å². The van der Waals surface area contributed by atoms with Crippen molar-refractivity contribution in [3.05, 3.63) is 51.5 Å². The van der Waals surface area contributed by atoms with Gasteiger partial charge in [0.1, 0.15) is 5.41 Å². The Morgan fingerprint density at radius 1 is 1.33 bits per heavy atom. The fourth-order valence-electron chi connectivity index (χ4n) is 2.45. The van der Waals surface area contributed by atoms with Gasteiger partial charge in [-0.15, -0.1) is 11.3 Å². The van der Waals surface area contributed by atoms with E-state index in [9.17, 15) is 9.90 Å². The van der Waals surface area contributed by atoms with Crippen LogP contribution in [0.3, 0.4) is 0 Å². The third-order valence-electron chi connectivity index (χ3n) is 3.99. The maximum atomic E-state index is 11.9. The predicted octanol–water partition coefficient (Wildman–Crippen LogP) is 2.67. The molecule has 1 atom stereocenters. The van der Waals surface area contributed by atoms with E-state index in [2.05, 4.69) is 4.98 Å². The molecule has 112 valence electrons. The van der Waals surface area contributed by atoms with Gasteiger partial charge in [0, 0.05) is 11.4 Å². The van der Waals surface area contributed by atoms with Crippen molar-refractivity contribution in [1.29, 1.82) is 0 Å². The van der Waals surface area contributed by atoms with Crippen LogP contribution in [0, 0.1) is 13.8 Å². The molecule has 4 nitrogen and oxygen atoms in total. The monoisotopic (exact) mass is 304 g/mol. The third kappa shape index (κ3) is 3.14. The van der Waals surface area contributed by atoms with E-state index >= 15 is 0 Å². The van der Waals surface area contributed by atoms with Crippen molar-refractivity contribution in [3.63, 3.8) is 0 Å². The number of hydrogen-bond acceptors (Lipinski definition) is 4. The summed E-state index contributed by atoms with van der Waals surface area (Å²) in [5.74, 6) is -0.865. The number of nitrogens with zero attached hydrogens (tertiary/aromatic N) is 1. The Kier molecular flexibility index (Phi) is 4.75. The van der Waals surface area contributed by atoms with Crippen LogP contribution in [0.4, 0.5) is 0 Å². The average molecular weight is 304 g/mol. The van der Waals surface area contributed by atoms with Crippen LogP contribution in [-0.2, 0) is 16.6 Å². The van der Waals surface area contributed by atoms with Crippen LogP contribution in [0.1, 0.15) is 28.1 Å². The number of hydrogen-bond donors (Lipinski definition) is 2. The molecule has 0 fully saturated rings. The number of thiazole rings is 1. The lowest BCUT2D eigenvalue weighted by Crippen LogP contribution is -2.43. The average Bonchev–Trinajstić information content (AvgIpc) is 2.87. The minimum Gasteiger partial charge on any atom is -0.481 e. The molecule has 0 amide bonds. The van der Waals surface area contributed by atoms with Crippen molar-refractivity contribution < 1.29 is 9.90 Å². The molecular weight excluding hydrogens is 284 g/mol. The number of carbonyl (C=O) groups is 1. The van der Waals surface area contributed by atoms with E-state index in [0.29, 0.717) is 12.8 Å². The largest absolute Gasteiger partial charge is 0.481 e. The molecule has 0 radical (unpaired) electrons. The van der Waals surface area contributed by atoms with Crippen molar-refractivity contribution in [2.75, 3.05) is 6.54 Å². The highest BCUT2D eigenvalue weighted by molar-refractivity contribution is 7.09. The van der Waals surface area contributed by atoms with E-state index in [-0.39, 0.29) is 6.54 Å². The Labute approximate surface area is 128 Å². The third-order valence-corrected chi connectivity index (χ3v) is 4.98. The molecule has 0 bridgehead atoms. The quantitative estimate of drug-likeness (QED) is 0.860. The molecule has 0 aliphatic carbocycles. The van der Waals surface area contributed by atoms with Gasteiger partial charge in [0.15, 0.2) is 0 Å². The highest BCUT2D eigenvalue weighted by Gasteiger charge is 2.38. The first-order valence-electron chi connectivity index (χ1n) is 6.89. The minimum absolute atomic E-state index is 0.0866. The molecule has 0 aliphatic heterocycles. The van der Waals surface area contributed by atoms with E-state index < -0.39 is 11.4 Å². The molecule has 0 aliphatic rings. The summed E-state index contributed by atoms with van der Waals surface area (Å²) < 4.78 is 0. The molecule has 2 rings (SSSR count). The maximum absolute atomic E-state index is 11.9. The van der Waals surface area contributed by atoms with Gasteiger partial charge in [0.2, 0.25) is 0 Å². The minimum atomic E-state index is -1.04. The summed E-state index contributed by atoms with van der Waals surface area (Å²) in [5, 5.41) is 9.75. The molecule has 5 heteroatoms. The molecular formula is C16H20N2O2S. The number of nitrogens with two attached hydrogens (primary N) is 1. The molecule has 1 aromatic heterocycles. The smallest absolute Gasteiger partial charge is 0.315 e. The van der Waals surface area contributed by atoms with Crippen molar-refractivity contribution in [2.45, 2.75) is 32.1 Å². The van der Waals surface area contributed by atoms with Crippen LogP contribution >= 0.6 is 11.3 Å². The van der Waals surface area contributed by atoms with Crippen molar-refractivity contribution in [2.24, 2.45) is 5.73 Å². The molecule has 0 spiro atoms. The summed E-state index contributed by atoms with van der Waals surface area (Å²) in [5.41, 5.74) is 9.46. The first-order valence-corrected chi connectivity index (χ1v) is 7.77. The van der Waals surface area contributed by atoms with Gasteiger partial charge in [-0.3, -0.25) is 4.79 Å². The van der Waals surface area contributed by atoms with Gasteiger partial charge in [0.25, 0.3) is 0 Å². The lowest BCUT2D eigenvalue weighted by Gasteiger charge is -2.28. The topological polar surface area (TPSA) is 76.2 Å². The SMILES string of the molecule is Cc1ccc(C(CN)(CCc2scnc2C)C(=O)O)cc1. The Bertz CT molecular complexity index is 621. The number of aromatic nitrogens is 1. The summed E-state index contributed by atoms with van der Waals surface area (Å²) in [6.07, 6.45) is 1.15. The number of aryl methyl sites for hydroxylation is 3. The second kappa shape index (κ2) is 6.37. The van der Waals surface area contributed by atoms with Crippen molar-refractivity contribution >= 4 is 17.3 Å². The molecule has 1 unspecified atom stereocenters. The van der Waals surface area contributed by atoms with Gasteiger partial charge in [0.05, 0.1) is 11.2 Å². The van der Waals surface area contributed by atoms with Crippen LogP contribution < -0.4 is 5.73 Å². The van der Waals surface area contributed by atoms with Gasteiger partial charge >= 0.3 is 5.97 Å². The highest BCUT2D eigenvalue weighted by atomic mass is 32.1. The molecule has 0 saturated heterocycles. The number of carboxylic acid groups (broad SMARTS) is 1. The van der Waals surface area contributed by atoms with Crippen LogP contribution in [0.15, 0.2) is 29.8 Å². The van der Waals surface area contributed by atoms with E-state index in [1.165, 1.54) is 0 Å². The van der Waals surface area contributed by atoms with Crippen LogP contribution in [0.5, 0.6) is 0 Å². The molecule has 21 heavy (non-hydrogen) atoms. The summed E-state index contributed by atoms with van der Waals surface area (Å²) in [7, 11) is 0. The molecule has 2 aromatic rings. The van der Waals surface area contributed by atoms with Crippen molar-refractivity contribution in [3.8, 4) is 0 Å². The number of benzene rings is 1. The second-order valence-corrected chi connectivity index (χ2v) is 6.26. The van der Waals surface area contributed by atoms with Gasteiger partial charge in [-0.1, -0.05) is 29.8 Å². The van der Waals surface area contributed by atoms with Crippen LogP contribution in [0.25, 0.3) is 0 Å². The standard InChI is InChI=1S/C16H20N2O2S/c1-11-3-5-13(6-4-11)16(9-17,15(19)20)8-7-14-12(2)18-10-21-14/h3-6,10H,7-9,17H2,1-2H3,(H,19,20). The Morgan fingerprint density at radius 3 is 2.48 bits per heavy atom. The van der Waals surface area contributed by atoms with E-state index in [0.717, 1.165) is 21.7 Å². The first kappa shape index (κ1) is 15.7. The Balaban J connectivity index is 2.31. The molecule has 3 N–H and O–H groups in total. The summed E-state index contributed by atoms with van der Waals surface area (Å²) in [6.45, 7) is 4.02. The maximum Gasteiger partial charge on any atom is 0.315 e. The Hall–Kier alpha value is -1.72. The number of aliphatic carboxylic acids is 1. The lowest BCUT2D eigenvalue weighted by atomic mass is 9.76. The van der Waals surface area contributed by atoms with Crippen LogP contribution in [-0.4, -0.2) is 22.6 Å². The molecule has 1 aromatic carbocycles. The van der Waals surface area contributed by atoms with E-state index in [1.807, 2.05) is 38.1 Å². The fourth-order valence-corrected chi connectivity index (χ4v) is 3.23. The summed E-state index contributed by atoms with van der Waals surface area (Å²) in [4.78, 5) is 17.2. The zero-order chi connectivity index (χ0) is 15.5. The molecule has 0 saturated carbocycles. The zero-order valence-corrected chi connectivity index (χ0v) is 13.1. The lowest BCUT2D eigenvalue weighted by molar-refractivity contribution is -0.143. The fraction of sp³-hybridized carbons (Fsp3) is 0.375. The first-order chi connectivity index (χ1) is 9.99. The predicted molar refractivity (Wildman–Crippen MR) is 84.7 cm³/mol. The van der Waals surface area contributed by atoms with Gasteiger partial charge in [-0.2, -0.15) is 0 Å². The van der Waals surface area contributed by atoms with Gasteiger partial charge < -0.3 is 10.8 Å². The number of carboxylic acids is 1. The highest BCUT2D eigenvalue weighted by Crippen LogP contribution is 2.31.